The number of nitrogens with one attached hydrogen (secondary N) is 1. The van der Waals surface area contributed by atoms with E-state index in [0.717, 1.165) is 18.7 Å². The SMILES string of the molecule is Cc1ccc(-c2cnc(C3CC3)o2)cc1S(=O)(=O)Nc1cccc(Cl)c1C. The average Bonchev–Trinajstić information content (AvgIpc) is 3.36. The number of aryl methyl sites for hydroxylation is 1. The van der Waals surface area contributed by atoms with Crippen molar-refractivity contribution in [2.24, 2.45) is 0 Å². The van der Waals surface area contributed by atoms with Crippen LogP contribution in [0.2, 0.25) is 5.02 Å². The third-order valence-corrected chi connectivity index (χ3v) is 6.64. The van der Waals surface area contributed by atoms with E-state index in [9.17, 15) is 8.42 Å². The molecule has 0 saturated heterocycles. The Morgan fingerprint density at radius 2 is 1.96 bits per heavy atom. The fourth-order valence-corrected chi connectivity index (χ4v) is 4.47. The number of halogens is 1. The quantitative estimate of drug-likeness (QED) is 0.629. The topological polar surface area (TPSA) is 72.2 Å². The molecule has 0 atom stereocenters. The molecule has 0 spiro atoms. The van der Waals surface area contributed by atoms with Gasteiger partial charge in [0.15, 0.2) is 11.7 Å². The van der Waals surface area contributed by atoms with Crippen molar-refractivity contribution in [3.63, 3.8) is 0 Å². The number of rotatable bonds is 5. The second-order valence-corrected chi connectivity index (χ2v) is 8.89. The van der Waals surface area contributed by atoms with Crippen molar-refractivity contribution in [3.05, 3.63) is 64.6 Å². The molecule has 1 aromatic heterocycles. The lowest BCUT2D eigenvalue weighted by Gasteiger charge is -2.13. The molecule has 0 bridgehead atoms. The molecule has 2 aromatic carbocycles. The van der Waals surface area contributed by atoms with Crippen LogP contribution in [0.15, 0.2) is 51.9 Å². The largest absolute Gasteiger partial charge is 0.440 e. The van der Waals surface area contributed by atoms with E-state index >= 15 is 0 Å². The molecule has 0 unspecified atom stereocenters. The molecule has 1 heterocycles. The van der Waals surface area contributed by atoms with Crippen LogP contribution in [0.4, 0.5) is 5.69 Å². The fourth-order valence-electron chi connectivity index (χ4n) is 2.90. The minimum absolute atomic E-state index is 0.198. The molecule has 140 valence electrons. The highest BCUT2D eigenvalue weighted by atomic mass is 35.5. The smallest absolute Gasteiger partial charge is 0.262 e. The zero-order valence-electron chi connectivity index (χ0n) is 15.0. The maximum absolute atomic E-state index is 13.0. The third kappa shape index (κ3) is 3.59. The summed E-state index contributed by atoms with van der Waals surface area (Å²) < 4.78 is 34.4. The van der Waals surface area contributed by atoms with E-state index in [4.69, 9.17) is 16.0 Å². The first-order chi connectivity index (χ1) is 12.8. The van der Waals surface area contributed by atoms with Crippen molar-refractivity contribution in [1.82, 2.24) is 4.98 Å². The molecule has 1 N–H and O–H groups in total. The molecule has 27 heavy (non-hydrogen) atoms. The minimum atomic E-state index is -3.78. The van der Waals surface area contributed by atoms with E-state index in [2.05, 4.69) is 9.71 Å². The van der Waals surface area contributed by atoms with Crippen LogP contribution in [0.1, 0.15) is 35.8 Å². The number of oxazole rings is 1. The van der Waals surface area contributed by atoms with Crippen molar-refractivity contribution >= 4 is 27.3 Å². The average molecular weight is 403 g/mol. The maximum atomic E-state index is 13.0. The highest BCUT2D eigenvalue weighted by molar-refractivity contribution is 7.92. The number of anilines is 1. The highest BCUT2D eigenvalue weighted by Crippen LogP contribution is 2.40. The summed E-state index contributed by atoms with van der Waals surface area (Å²) in [5.74, 6) is 1.70. The Balaban J connectivity index is 1.70. The number of benzene rings is 2. The van der Waals surface area contributed by atoms with Crippen molar-refractivity contribution in [3.8, 4) is 11.3 Å². The Hall–Kier alpha value is -2.31. The van der Waals surface area contributed by atoms with Gasteiger partial charge in [-0.25, -0.2) is 13.4 Å². The van der Waals surface area contributed by atoms with Gasteiger partial charge in [-0.3, -0.25) is 4.72 Å². The second kappa shape index (κ2) is 6.69. The summed E-state index contributed by atoms with van der Waals surface area (Å²) in [7, 11) is -3.78. The van der Waals surface area contributed by atoms with Gasteiger partial charge in [-0.2, -0.15) is 0 Å². The molecule has 4 rings (SSSR count). The summed E-state index contributed by atoms with van der Waals surface area (Å²) in [6.45, 7) is 3.54. The Morgan fingerprint density at radius 3 is 2.70 bits per heavy atom. The van der Waals surface area contributed by atoms with Crippen LogP contribution < -0.4 is 4.72 Å². The zero-order valence-corrected chi connectivity index (χ0v) is 16.6. The zero-order chi connectivity index (χ0) is 19.2. The van der Waals surface area contributed by atoms with Crippen LogP contribution >= 0.6 is 11.6 Å². The van der Waals surface area contributed by atoms with Gasteiger partial charge in [-0.15, -0.1) is 0 Å². The lowest BCUT2D eigenvalue weighted by Crippen LogP contribution is -2.15. The first-order valence-electron chi connectivity index (χ1n) is 8.70. The fraction of sp³-hybridized carbons (Fsp3) is 0.250. The van der Waals surface area contributed by atoms with Gasteiger partial charge in [0, 0.05) is 16.5 Å². The van der Waals surface area contributed by atoms with E-state index in [1.165, 1.54) is 0 Å². The lowest BCUT2D eigenvalue weighted by molar-refractivity contribution is 0.509. The Morgan fingerprint density at radius 1 is 1.19 bits per heavy atom. The minimum Gasteiger partial charge on any atom is -0.440 e. The Labute approximate surface area is 163 Å². The van der Waals surface area contributed by atoms with Gasteiger partial charge in [-0.05, 0) is 56.0 Å². The van der Waals surface area contributed by atoms with Crippen molar-refractivity contribution < 1.29 is 12.8 Å². The first kappa shape index (κ1) is 18.1. The van der Waals surface area contributed by atoms with Crippen LogP contribution in [0.25, 0.3) is 11.3 Å². The van der Waals surface area contributed by atoms with Gasteiger partial charge in [0.2, 0.25) is 0 Å². The standard InChI is InChI=1S/C20H19ClN2O3S/c1-12-6-7-15(18-11-22-20(26-18)14-8-9-14)10-19(12)27(24,25)23-17-5-3-4-16(21)13(17)2/h3-7,10-11,14,23H,8-9H2,1-2H3. The number of hydrogen-bond acceptors (Lipinski definition) is 4. The van der Waals surface area contributed by atoms with Crippen LogP contribution in [-0.2, 0) is 10.0 Å². The molecule has 5 nitrogen and oxygen atoms in total. The molecule has 0 radical (unpaired) electrons. The van der Waals surface area contributed by atoms with E-state index < -0.39 is 10.0 Å². The van der Waals surface area contributed by atoms with Crippen LogP contribution in [0, 0.1) is 13.8 Å². The molecule has 1 fully saturated rings. The summed E-state index contributed by atoms with van der Waals surface area (Å²) in [5.41, 5.74) is 2.47. The Kier molecular flexibility index (Phi) is 4.48. The molecule has 1 saturated carbocycles. The van der Waals surface area contributed by atoms with Crippen molar-refractivity contribution in [1.29, 1.82) is 0 Å². The van der Waals surface area contributed by atoms with Gasteiger partial charge in [-0.1, -0.05) is 29.8 Å². The third-order valence-electron chi connectivity index (χ3n) is 4.72. The molecule has 0 aliphatic heterocycles. The number of aromatic nitrogens is 1. The van der Waals surface area contributed by atoms with Crippen molar-refractivity contribution in [2.45, 2.75) is 37.5 Å². The lowest BCUT2D eigenvalue weighted by atomic mass is 10.1. The predicted molar refractivity (Wildman–Crippen MR) is 106 cm³/mol. The van der Waals surface area contributed by atoms with Gasteiger partial charge in [0.25, 0.3) is 10.0 Å². The molecule has 3 aromatic rings. The van der Waals surface area contributed by atoms with E-state index in [1.54, 1.807) is 50.4 Å². The van der Waals surface area contributed by atoms with E-state index in [0.29, 0.717) is 39.1 Å². The number of nitrogens with zero attached hydrogens (tertiary/aromatic N) is 1. The first-order valence-corrected chi connectivity index (χ1v) is 10.6. The molecule has 7 heteroatoms. The Bertz CT molecular complexity index is 1120. The summed E-state index contributed by atoms with van der Waals surface area (Å²) in [5, 5.41) is 0.509. The molecular weight excluding hydrogens is 384 g/mol. The van der Waals surface area contributed by atoms with Gasteiger partial charge in [0.05, 0.1) is 16.8 Å². The van der Waals surface area contributed by atoms with Crippen LogP contribution in [0.3, 0.4) is 0 Å². The summed E-state index contributed by atoms with van der Waals surface area (Å²) >= 11 is 6.10. The van der Waals surface area contributed by atoms with Gasteiger partial charge < -0.3 is 4.42 Å². The molecular formula is C20H19ClN2O3S. The van der Waals surface area contributed by atoms with E-state index in [1.807, 2.05) is 6.07 Å². The molecule has 1 aliphatic rings. The number of sulfonamides is 1. The summed E-state index contributed by atoms with van der Waals surface area (Å²) in [6, 6.07) is 10.4. The monoisotopic (exact) mass is 402 g/mol. The van der Waals surface area contributed by atoms with Crippen molar-refractivity contribution in [2.75, 3.05) is 4.72 Å². The van der Waals surface area contributed by atoms with Gasteiger partial charge in [0.1, 0.15) is 0 Å². The maximum Gasteiger partial charge on any atom is 0.262 e. The number of hydrogen-bond donors (Lipinski definition) is 1. The van der Waals surface area contributed by atoms with E-state index in [-0.39, 0.29) is 4.90 Å². The molecule has 1 aliphatic carbocycles. The molecule has 0 amide bonds. The normalized spacial score (nSPS) is 14.3. The second-order valence-electron chi connectivity index (χ2n) is 6.84. The van der Waals surface area contributed by atoms with Crippen LogP contribution in [0.5, 0.6) is 0 Å². The van der Waals surface area contributed by atoms with Gasteiger partial charge >= 0.3 is 0 Å². The summed E-state index contributed by atoms with van der Waals surface area (Å²) in [6.07, 6.45) is 3.84. The highest BCUT2D eigenvalue weighted by Gasteiger charge is 2.29. The van der Waals surface area contributed by atoms with Crippen LogP contribution in [-0.4, -0.2) is 13.4 Å². The summed E-state index contributed by atoms with van der Waals surface area (Å²) in [4.78, 5) is 4.51. The predicted octanol–water partition coefficient (Wildman–Crippen LogP) is 5.29.